The van der Waals surface area contributed by atoms with Gasteiger partial charge in [-0.05, 0) is 51.3 Å². The number of ether oxygens (including phenoxy) is 3. The van der Waals surface area contributed by atoms with E-state index in [1.807, 2.05) is 6.07 Å². The molecule has 1 fully saturated rings. The van der Waals surface area contributed by atoms with Gasteiger partial charge < -0.3 is 19.5 Å². The van der Waals surface area contributed by atoms with Crippen LogP contribution in [-0.4, -0.2) is 56.1 Å². The summed E-state index contributed by atoms with van der Waals surface area (Å²) in [5.41, 5.74) is 1.47. The van der Waals surface area contributed by atoms with Gasteiger partial charge in [0.05, 0.1) is 13.2 Å². The first-order valence-electron chi connectivity index (χ1n) is 8.99. The van der Waals surface area contributed by atoms with E-state index in [9.17, 15) is 0 Å². The average molecular weight is 334 g/mol. The van der Waals surface area contributed by atoms with E-state index in [1.165, 1.54) is 5.56 Å². The third-order valence-corrected chi connectivity index (χ3v) is 5.05. The number of hydrogen-bond donors (Lipinski definition) is 1. The van der Waals surface area contributed by atoms with Crippen molar-refractivity contribution in [3.63, 3.8) is 0 Å². The first-order chi connectivity index (χ1) is 11.5. The van der Waals surface area contributed by atoms with Gasteiger partial charge in [-0.3, -0.25) is 4.90 Å². The Labute approximate surface area is 145 Å². The first kappa shape index (κ1) is 17.5. The van der Waals surface area contributed by atoms with Crippen molar-refractivity contribution in [1.82, 2.24) is 10.2 Å². The van der Waals surface area contributed by atoms with Crippen LogP contribution >= 0.6 is 0 Å². The zero-order valence-corrected chi connectivity index (χ0v) is 15.1. The number of rotatable bonds is 7. The Morgan fingerprint density at radius 2 is 1.92 bits per heavy atom. The fourth-order valence-corrected chi connectivity index (χ4v) is 3.29. The van der Waals surface area contributed by atoms with Crippen LogP contribution < -0.4 is 14.8 Å². The minimum absolute atomic E-state index is 0.163. The summed E-state index contributed by atoms with van der Waals surface area (Å²) in [7, 11) is 0. The smallest absolute Gasteiger partial charge is 0.231 e. The SMILES string of the molecule is CC(CCc1ccc2c(c1)OCO2)NCC(C)(C)N1CCOCC1. The van der Waals surface area contributed by atoms with E-state index in [2.05, 4.69) is 43.1 Å². The Hall–Kier alpha value is -1.30. The predicted octanol–water partition coefficient (Wildman–Crippen LogP) is 2.44. The molecule has 134 valence electrons. The lowest BCUT2D eigenvalue weighted by atomic mass is 10.0. The van der Waals surface area contributed by atoms with Crippen LogP contribution in [0.25, 0.3) is 0 Å². The second kappa shape index (κ2) is 7.72. The minimum Gasteiger partial charge on any atom is -0.454 e. The molecule has 0 radical (unpaired) electrons. The number of morpholine rings is 1. The van der Waals surface area contributed by atoms with Gasteiger partial charge >= 0.3 is 0 Å². The lowest BCUT2D eigenvalue weighted by Crippen LogP contribution is -2.55. The van der Waals surface area contributed by atoms with Crippen LogP contribution in [0.1, 0.15) is 32.8 Å². The third kappa shape index (κ3) is 4.41. The molecule has 0 aliphatic carbocycles. The lowest BCUT2D eigenvalue weighted by molar-refractivity contribution is -0.0103. The maximum atomic E-state index is 5.46. The van der Waals surface area contributed by atoms with Crippen molar-refractivity contribution in [3.05, 3.63) is 23.8 Å². The molecule has 1 saturated heterocycles. The molecule has 5 heteroatoms. The first-order valence-corrected chi connectivity index (χ1v) is 8.99. The maximum Gasteiger partial charge on any atom is 0.231 e. The molecule has 2 heterocycles. The zero-order valence-electron chi connectivity index (χ0n) is 15.1. The van der Waals surface area contributed by atoms with E-state index in [4.69, 9.17) is 14.2 Å². The van der Waals surface area contributed by atoms with Crippen LogP contribution in [0.5, 0.6) is 11.5 Å². The van der Waals surface area contributed by atoms with Crippen LogP contribution in [-0.2, 0) is 11.2 Å². The summed E-state index contributed by atoms with van der Waals surface area (Å²) in [6.45, 7) is 12.0. The standard InChI is InChI=1S/C19H30N2O3/c1-15(20-13-19(2,3)21-8-10-22-11-9-21)4-5-16-6-7-17-18(12-16)24-14-23-17/h6-7,12,15,20H,4-5,8-11,13-14H2,1-3H3. The minimum atomic E-state index is 0.163. The number of nitrogens with zero attached hydrogens (tertiary/aromatic N) is 1. The fourth-order valence-electron chi connectivity index (χ4n) is 3.29. The molecule has 1 aromatic rings. The molecule has 0 saturated carbocycles. The Morgan fingerprint density at radius 1 is 1.17 bits per heavy atom. The largest absolute Gasteiger partial charge is 0.454 e. The van der Waals surface area contributed by atoms with E-state index in [0.717, 1.165) is 57.2 Å². The summed E-state index contributed by atoms with van der Waals surface area (Å²) in [6, 6.07) is 6.73. The zero-order chi connectivity index (χ0) is 17.0. The highest BCUT2D eigenvalue weighted by Gasteiger charge is 2.28. The topological polar surface area (TPSA) is 43.0 Å². The molecule has 0 bridgehead atoms. The summed E-state index contributed by atoms with van der Waals surface area (Å²) in [5.74, 6) is 1.73. The molecule has 1 unspecified atom stereocenters. The molecule has 1 N–H and O–H groups in total. The summed E-state index contributed by atoms with van der Waals surface area (Å²) < 4.78 is 16.3. The monoisotopic (exact) mass is 334 g/mol. The highest BCUT2D eigenvalue weighted by molar-refractivity contribution is 5.44. The van der Waals surface area contributed by atoms with Crippen molar-refractivity contribution in [2.75, 3.05) is 39.6 Å². The van der Waals surface area contributed by atoms with Crippen molar-refractivity contribution < 1.29 is 14.2 Å². The molecule has 0 spiro atoms. The molecule has 3 rings (SSSR count). The highest BCUT2D eigenvalue weighted by atomic mass is 16.7. The summed E-state index contributed by atoms with van der Waals surface area (Å²) >= 11 is 0. The van der Waals surface area contributed by atoms with Crippen molar-refractivity contribution in [3.8, 4) is 11.5 Å². The second-order valence-corrected chi connectivity index (χ2v) is 7.42. The summed E-state index contributed by atoms with van der Waals surface area (Å²) in [6.07, 6.45) is 2.15. The Kier molecular flexibility index (Phi) is 5.64. The van der Waals surface area contributed by atoms with Crippen molar-refractivity contribution in [2.45, 2.75) is 45.2 Å². The molecule has 5 nitrogen and oxygen atoms in total. The molecular formula is C19H30N2O3. The quantitative estimate of drug-likeness (QED) is 0.830. The van der Waals surface area contributed by atoms with Crippen molar-refractivity contribution >= 4 is 0 Å². The van der Waals surface area contributed by atoms with Crippen molar-refractivity contribution in [1.29, 1.82) is 0 Å². The van der Waals surface area contributed by atoms with E-state index in [0.29, 0.717) is 12.8 Å². The number of nitrogens with one attached hydrogen (secondary N) is 1. The fraction of sp³-hybridized carbons (Fsp3) is 0.684. The molecule has 0 amide bonds. The van der Waals surface area contributed by atoms with Crippen molar-refractivity contribution in [2.24, 2.45) is 0 Å². The molecule has 1 atom stereocenters. The second-order valence-electron chi connectivity index (χ2n) is 7.42. The summed E-state index contributed by atoms with van der Waals surface area (Å²) in [5, 5.41) is 3.70. The van der Waals surface area contributed by atoms with Gasteiger partial charge in [-0.15, -0.1) is 0 Å². The Morgan fingerprint density at radius 3 is 2.71 bits per heavy atom. The molecule has 2 aliphatic heterocycles. The number of aryl methyl sites for hydroxylation is 1. The summed E-state index contributed by atoms with van der Waals surface area (Å²) in [4.78, 5) is 2.52. The Bertz CT molecular complexity index is 541. The maximum absolute atomic E-state index is 5.46. The third-order valence-electron chi connectivity index (χ3n) is 5.05. The number of benzene rings is 1. The number of fused-ring (bicyclic) bond motifs is 1. The predicted molar refractivity (Wildman–Crippen MR) is 94.8 cm³/mol. The average Bonchev–Trinajstić information content (AvgIpc) is 3.07. The van der Waals surface area contributed by atoms with E-state index in [1.54, 1.807) is 0 Å². The van der Waals surface area contributed by atoms with Crippen LogP contribution in [0.4, 0.5) is 0 Å². The van der Waals surface area contributed by atoms with Gasteiger partial charge in [0, 0.05) is 31.2 Å². The highest BCUT2D eigenvalue weighted by Crippen LogP contribution is 2.32. The van der Waals surface area contributed by atoms with Gasteiger partial charge in [0.2, 0.25) is 6.79 Å². The van der Waals surface area contributed by atoms with Crippen LogP contribution in [0.3, 0.4) is 0 Å². The van der Waals surface area contributed by atoms with Crippen LogP contribution in [0, 0.1) is 0 Å². The van der Waals surface area contributed by atoms with Gasteiger partial charge in [0.15, 0.2) is 11.5 Å². The molecule has 2 aliphatic rings. The van der Waals surface area contributed by atoms with Gasteiger partial charge in [-0.25, -0.2) is 0 Å². The van der Waals surface area contributed by atoms with Gasteiger partial charge in [-0.1, -0.05) is 6.07 Å². The van der Waals surface area contributed by atoms with E-state index < -0.39 is 0 Å². The Balaban J connectivity index is 1.43. The molecule has 24 heavy (non-hydrogen) atoms. The van der Waals surface area contributed by atoms with Gasteiger partial charge in [0.1, 0.15) is 0 Å². The molecule has 0 aromatic heterocycles. The van der Waals surface area contributed by atoms with Gasteiger partial charge in [0.25, 0.3) is 0 Å². The normalized spacial score (nSPS) is 19.5. The lowest BCUT2D eigenvalue weighted by Gasteiger charge is -2.41. The van der Waals surface area contributed by atoms with Crippen LogP contribution in [0.2, 0.25) is 0 Å². The van der Waals surface area contributed by atoms with E-state index in [-0.39, 0.29) is 5.54 Å². The number of hydrogen-bond acceptors (Lipinski definition) is 5. The molecular weight excluding hydrogens is 304 g/mol. The van der Waals surface area contributed by atoms with E-state index >= 15 is 0 Å². The molecule has 1 aromatic carbocycles. The van der Waals surface area contributed by atoms with Gasteiger partial charge in [-0.2, -0.15) is 0 Å². The van der Waals surface area contributed by atoms with Crippen LogP contribution in [0.15, 0.2) is 18.2 Å².